The molecule has 4 aromatic rings. The number of hydrogen-bond acceptors (Lipinski definition) is 5. The van der Waals surface area contributed by atoms with Gasteiger partial charge in [-0.15, -0.1) is 0 Å². The molecule has 1 amide bonds. The van der Waals surface area contributed by atoms with Crippen molar-refractivity contribution in [3.05, 3.63) is 103 Å². The fourth-order valence-corrected chi connectivity index (χ4v) is 4.65. The molecular weight excluding hydrogens is 460 g/mol. The Bertz CT molecular complexity index is 1310. The van der Waals surface area contributed by atoms with Crippen LogP contribution in [0.1, 0.15) is 23.5 Å². The van der Waals surface area contributed by atoms with E-state index in [0.29, 0.717) is 10.8 Å². The molecule has 2 atom stereocenters. The molecule has 2 N–H and O–H groups in total. The number of methoxy groups -OCH3 is 1. The monoisotopic (exact) mass is 484 g/mol. The molecule has 0 saturated carbocycles. The van der Waals surface area contributed by atoms with Gasteiger partial charge in [-0.2, -0.15) is 0 Å². The number of hydrogen-bond donors (Lipinski definition) is 2. The molecule has 35 heavy (non-hydrogen) atoms. The zero-order chi connectivity index (χ0) is 24.2. The number of amides is 1. The lowest BCUT2D eigenvalue weighted by Crippen LogP contribution is -2.30. The summed E-state index contributed by atoms with van der Waals surface area (Å²) in [6.07, 6.45) is 5.57. The molecule has 0 spiro atoms. The second-order valence-corrected chi connectivity index (χ2v) is 8.40. The summed E-state index contributed by atoms with van der Waals surface area (Å²) in [4.78, 5) is 23.1. The number of carbonyl (C=O) groups excluding carboxylic acids is 1. The first kappa shape index (κ1) is 22.7. The molecule has 3 aromatic heterocycles. The van der Waals surface area contributed by atoms with E-state index in [0.717, 1.165) is 22.9 Å². The Morgan fingerprint density at radius 1 is 1.03 bits per heavy atom. The molecule has 1 fully saturated rings. The molecule has 0 radical (unpaired) electrons. The number of pyridine rings is 2. The number of thiocarbonyl (C=S) groups is 1. The van der Waals surface area contributed by atoms with Crippen molar-refractivity contribution in [3.8, 4) is 5.82 Å². The summed E-state index contributed by atoms with van der Waals surface area (Å²) in [7, 11) is 1.49. The summed E-state index contributed by atoms with van der Waals surface area (Å²) < 4.78 is 6.96. The van der Waals surface area contributed by atoms with Crippen LogP contribution in [0.4, 0.5) is 11.4 Å². The molecule has 1 aliphatic heterocycles. The lowest BCUT2D eigenvalue weighted by molar-refractivity contribution is -0.119. The molecule has 1 saturated heterocycles. The van der Waals surface area contributed by atoms with Crippen LogP contribution >= 0.6 is 12.2 Å². The fraction of sp³-hybridized carbons (Fsp3) is 0.154. The van der Waals surface area contributed by atoms with Gasteiger partial charge in [-0.05, 0) is 72.9 Å². The normalized spacial score (nSPS) is 17.3. The maximum absolute atomic E-state index is 11.9. The highest BCUT2D eigenvalue weighted by Gasteiger charge is 2.42. The van der Waals surface area contributed by atoms with E-state index in [-0.39, 0.29) is 24.6 Å². The van der Waals surface area contributed by atoms with Gasteiger partial charge in [0.15, 0.2) is 5.11 Å². The van der Waals surface area contributed by atoms with Crippen LogP contribution in [-0.2, 0) is 9.53 Å². The van der Waals surface area contributed by atoms with Gasteiger partial charge in [0, 0.05) is 42.8 Å². The number of rotatable bonds is 7. The minimum atomic E-state index is -0.208. The Labute approximate surface area is 208 Å². The maximum atomic E-state index is 11.9. The molecule has 0 bridgehead atoms. The fourth-order valence-electron chi connectivity index (χ4n) is 4.31. The van der Waals surface area contributed by atoms with E-state index in [1.165, 1.54) is 7.11 Å². The van der Waals surface area contributed by atoms with E-state index in [9.17, 15) is 4.79 Å². The van der Waals surface area contributed by atoms with Gasteiger partial charge in [0.2, 0.25) is 5.91 Å². The zero-order valence-corrected chi connectivity index (χ0v) is 19.9. The van der Waals surface area contributed by atoms with E-state index in [1.807, 2.05) is 72.9 Å². The van der Waals surface area contributed by atoms with Gasteiger partial charge in [-0.1, -0.05) is 12.1 Å². The molecule has 5 rings (SSSR count). The van der Waals surface area contributed by atoms with Gasteiger partial charge in [0.05, 0.1) is 11.7 Å². The van der Waals surface area contributed by atoms with Crippen molar-refractivity contribution in [3.63, 3.8) is 0 Å². The van der Waals surface area contributed by atoms with Crippen LogP contribution < -0.4 is 15.5 Å². The zero-order valence-electron chi connectivity index (χ0n) is 19.0. The van der Waals surface area contributed by atoms with Crippen LogP contribution in [0, 0.1) is 0 Å². The SMILES string of the molecule is COCC(=O)Nc1ccc(N2C(=S)N[C@@H](c3ccccn3)[C@@H]2c2cccn2-c2ccccn2)cc1. The van der Waals surface area contributed by atoms with Gasteiger partial charge < -0.3 is 24.8 Å². The van der Waals surface area contributed by atoms with Crippen molar-refractivity contribution in [2.45, 2.75) is 12.1 Å². The number of anilines is 2. The minimum absolute atomic E-state index is 0.000221. The van der Waals surface area contributed by atoms with Crippen LogP contribution in [-0.4, -0.2) is 39.3 Å². The lowest BCUT2D eigenvalue weighted by atomic mass is 10.0. The molecule has 8 nitrogen and oxygen atoms in total. The van der Waals surface area contributed by atoms with Crippen LogP contribution in [0.15, 0.2) is 91.4 Å². The lowest BCUT2D eigenvalue weighted by Gasteiger charge is -2.29. The van der Waals surface area contributed by atoms with Crippen LogP contribution in [0.3, 0.4) is 0 Å². The highest BCUT2D eigenvalue weighted by Crippen LogP contribution is 2.42. The van der Waals surface area contributed by atoms with E-state index in [2.05, 4.69) is 36.1 Å². The second-order valence-electron chi connectivity index (χ2n) is 8.02. The molecule has 176 valence electrons. The topological polar surface area (TPSA) is 84.3 Å². The van der Waals surface area contributed by atoms with Crippen molar-refractivity contribution in [2.24, 2.45) is 0 Å². The van der Waals surface area contributed by atoms with E-state index < -0.39 is 0 Å². The van der Waals surface area contributed by atoms with Crippen molar-refractivity contribution in [1.29, 1.82) is 0 Å². The third-order valence-electron chi connectivity index (χ3n) is 5.78. The number of nitrogens with zero attached hydrogens (tertiary/aromatic N) is 4. The Morgan fingerprint density at radius 3 is 2.49 bits per heavy atom. The molecule has 0 unspecified atom stereocenters. The maximum Gasteiger partial charge on any atom is 0.250 e. The second kappa shape index (κ2) is 10.0. The summed E-state index contributed by atoms with van der Waals surface area (Å²) in [6, 6.07) is 23.0. The van der Waals surface area contributed by atoms with Gasteiger partial charge in [0.1, 0.15) is 18.5 Å². The number of benzene rings is 1. The smallest absolute Gasteiger partial charge is 0.250 e. The molecular formula is C26H24N6O2S. The van der Waals surface area contributed by atoms with E-state index in [4.69, 9.17) is 17.0 Å². The Morgan fingerprint density at radius 2 is 1.80 bits per heavy atom. The van der Waals surface area contributed by atoms with Gasteiger partial charge in [-0.3, -0.25) is 9.78 Å². The minimum Gasteiger partial charge on any atom is -0.375 e. The third kappa shape index (κ3) is 4.64. The Kier molecular flexibility index (Phi) is 6.51. The first-order valence-electron chi connectivity index (χ1n) is 11.1. The molecule has 1 aliphatic rings. The predicted octanol–water partition coefficient (Wildman–Crippen LogP) is 4.03. The Hall–Kier alpha value is -4.08. The van der Waals surface area contributed by atoms with Gasteiger partial charge >= 0.3 is 0 Å². The van der Waals surface area contributed by atoms with Crippen LogP contribution in [0.2, 0.25) is 0 Å². The average molecular weight is 485 g/mol. The van der Waals surface area contributed by atoms with Crippen LogP contribution in [0.25, 0.3) is 5.82 Å². The Balaban J connectivity index is 1.55. The number of ether oxygens (including phenoxy) is 1. The van der Waals surface area contributed by atoms with Crippen molar-refractivity contribution < 1.29 is 9.53 Å². The number of nitrogens with one attached hydrogen (secondary N) is 2. The molecule has 4 heterocycles. The van der Waals surface area contributed by atoms with Gasteiger partial charge in [0.25, 0.3) is 0 Å². The summed E-state index contributed by atoms with van der Waals surface area (Å²) in [5.41, 5.74) is 3.48. The standard InChI is InChI=1S/C26H24N6O2S/c1-34-17-23(33)29-18-10-12-19(13-11-18)32-25(24(30-26(32)35)20-7-2-4-14-27-20)21-8-6-16-31(21)22-9-3-5-15-28-22/h2-16,24-25H,17H2,1H3,(H,29,33)(H,30,35)/t24-,25-/m0/s1. The summed E-state index contributed by atoms with van der Waals surface area (Å²) in [5.74, 6) is 0.612. The summed E-state index contributed by atoms with van der Waals surface area (Å²) in [6.45, 7) is 0.000221. The van der Waals surface area contributed by atoms with E-state index >= 15 is 0 Å². The van der Waals surface area contributed by atoms with E-state index in [1.54, 1.807) is 12.4 Å². The summed E-state index contributed by atoms with van der Waals surface area (Å²) in [5, 5.41) is 6.89. The largest absolute Gasteiger partial charge is 0.375 e. The highest BCUT2D eigenvalue weighted by molar-refractivity contribution is 7.80. The molecule has 9 heteroatoms. The van der Waals surface area contributed by atoms with Crippen LogP contribution in [0.5, 0.6) is 0 Å². The average Bonchev–Trinajstić information content (AvgIpc) is 3.50. The first-order chi connectivity index (χ1) is 17.2. The van der Waals surface area contributed by atoms with Gasteiger partial charge in [-0.25, -0.2) is 4.98 Å². The predicted molar refractivity (Wildman–Crippen MR) is 138 cm³/mol. The van der Waals surface area contributed by atoms with Crippen molar-refractivity contribution in [1.82, 2.24) is 19.9 Å². The molecule has 0 aliphatic carbocycles. The van der Waals surface area contributed by atoms with Crippen molar-refractivity contribution >= 4 is 34.6 Å². The first-order valence-corrected chi connectivity index (χ1v) is 11.5. The molecule has 1 aromatic carbocycles. The summed E-state index contributed by atoms with van der Waals surface area (Å²) >= 11 is 5.82. The third-order valence-corrected chi connectivity index (χ3v) is 6.10. The highest BCUT2D eigenvalue weighted by atomic mass is 32.1. The number of aromatic nitrogens is 3. The quantitative estimate of drug-likeness (QED) is 0.383. The number of carbonyl (C=O) groups is 1. The van der Waals surface area contributed by atoms with Crippen molar-refractivity contribution in [2.75, 3.05) is 23.9 Å².